The van der Waals surface area contributed by atoms with Crippen molar-refractivity contribution in [2.24, 2.45) is 0 Å². The minimum absolute atomic E-state index is 0.251. The summed E-state index contributed by atoms with van der Waals surface area (Å²) in [6, 6.07) is 2.10. The molecule has 2 rings (SSSR count). The molecule has 1 heterocycles. The summed E-state index contributed by atoms with van der Waals surface area (Å²) in [7, 11) is 1.47. The van der Waals surface area contributed by atoms with Crippen molar-refractivity contribution in [1.82, 2.24) is 0 Å². The van der Waals surface area contributed by atoms with Gasteiger partial charge in [-0.1, -0.05) is 0 Å². The largest absolute Gasteiger partial charge is 0.444 e. The SMILES string of the molecule is COc1c(C#N)c(C)c2c([n+]1O)CCCC2. The van der Waals surface area contributed by atoms with Crippen LogP contribution in [0.4, 0.5) is 0 Å². The zero-order valence-electron chi connectivity index (χ0n) is 9.58. The number of nitrogens with zero attached hydrogens (tertiary/aromatic N) is 2. The number of hydrogen-bond donors (Lipinski definition) is 1. The molecule has 0 saturated carbocycles. The van der Waals surface area contributed by atoms with Gasteiger partial charge in [-0.3, -0.25) is 5.21 Å². The first-order valence-electron chi connectivity index (χ1n) is 5.44. The molecule has 1 aliphatic rings. The first kappa shape index (κ1) is 10.7. The predicted molar refractivity (Wildman–Crippen MR) is 56.5 cm³/mol. The lowest BCUT2D eigenvalue weighted by molar-refractivity contribution is -0.911. The number of aromatic nitrogens is 1. The van der Waals surface area contributed by atoms with Crippen molar-refractivity contribution in [1.29, 1.82) is 5.26 Å². The van der Waals surface area contributed by atoms with Crippen molar-refractivity contribution in [2.75, 3.05) is 7.11 Å². The molecule has 1 aromatic rings. The standard InChI is InChI=1S/C12H15N2O2/c1-8-9-5-3-4-6-11(9)14(15)12(16-2)10(8)7-13/h15H,3-6H2,1-2H3/q+1. The highest BCUT2D eigenvalue weighted by molar-refractivity contribution is 5.47. The van der Waals surface area contributed by atoms with Gasteiger partial charge in [-0.2, -0.15) is 5.26 Å². The number of nitriles is 1. The highest BCUT2D eigenvalue weighted by Gasteiger charge is 2.31. The van der Waals surface area contributed by atoms with Crippen LogP contribution >= 0.6 is 0 Å². The first-order valence-corrected chi connectivity index (χ1v) is 5.44. The smallest absolute Gasteiger partial charge is 0.435 e. The van der Waals surface area contributed by atoms with Crippen LogP contribution in [0.3, 0.4) is 0 Å². The van der Waals surface area contributed by atoms with Gasteiger partial charge in [0.2, 0.25) is 5.69 Å². The third-order valence-corrected chi connectivity index (χ3v) is 3.23. The van der Waals surface area contributed by atoms with Gasteiger partial charge in [0.15, 0.2) is 5.56 Å². The van der Waals surface area contributed by atoms with E-state index in [-0.39, 0.29) is 5.88 Å². The molecule has 1 aliphatic carbocycles. The first-order chi connectivity index (χ1) is 7.70. The molecule has 4 heteroatoms. The summed E-state index contributed by atoms with van der Waals surface area (Å²) in [5, 5.41) is 19.1. The minimum Gasteiger partial charge on any atom is -0.444 e. The molecule has 0 amide bonds. The molecule has 0 radical (unpaired) electrons. The maximum Gasteiger partial charge on any atom is 0.435 e. The number of ether oxygens (including phenoxy) is 1. The Kier molecular flexibility index (Phi) is 2.69. The second-order valence-electron chi connectivity index (χ2n) is 4.07. The monoisotopic (exact) mass is 219 g/mol. The highest BCUT2D eigenvalue weighted by atomic mass is 16.5. The van der Waals surface area contributed by atoms with Crippen molar-refractivity contribution in [3.8, 4) is 11.9 Å². The maximum absolute atomic E-state index is 10.0. The Bertz CT molecular complexity index is 471. The van der Waals surface area contributed by atoms with E-state index in [1.54, 1.807) is 0 Å². The van der Waals surface area contributed by atoms with Crippen LogP contribution in [-0.4, -0.2) is 12.3 Å². The number of rotatable bonds is 1. The molecule has 4 nitrogen and oxygen atoms in total. The van der Waals surface area contributed by atoms with Crippen LogP contribution in [0, 0.1) is 18.3 Å². The molecule has 0 fully saturated rings. The topological polar surface area (TPSA) is 57.1 Å². The van der Waals surface area contributed by atoms with Crippen LogP contribution in [0.2, 0.25) is 0 Å². The summed E-state index contributed by atoms with van der Waals surface area (Å²) < 4.78 is 6.15. The van der Waals surface area contributed by atoms with E-state index in [0.717, 1.165) is 47.2 Å². The van der Waals surface area contributed by atoms with Gasteiger partial charge in [0, 0.05) is 12.0 Å². The summed E-state index contributed by atoms with van der Waals surface area (Å²) >= 11 is 0. The van der Waals surface area contributed by atoms with Crippen LogP contribution in [0.15, 0.2) is 0 Å². The summed E-state index contributed by atoms with van der Waals surface area (Å²) in [6.07, 6.45) is 3.96. The number of methoxy groups -OCH3 is 1. The second kappa shape index (κ2) is 4.01. The molecule has 0 bridgehead atoms. The maximum atomic E-state index is 10.0. The van der Waals surface area contributed by atoms with Crippen molar-refractivity contribution >= 4 is 0 Å². The van der Waals surface area contributed by atoms with Gasteiger partial charge in [-0.15, -0.1) is 0 Å². The van der Waals surface area contributed by atoms with Crippen LogP contribution < -0.4 is 9.47 Å². The molecular weight excluding hydrogens is 204 g/mol. The minimum atomic E-state index is 0.251. The fourth-order valence-corrected chi connectivity index (χ4v) is 2.39. The van der Waals surface area contributed by atoms with E-state index < -0.39 is 0 Å². The van der Waals surface area contributed by atoms with E-state index in [1.807, 2.05) is 6.92 Å². The van der Waals surface area contributed by atoms with E-state index >= 15 is 0 Å². The summed E-state index contributed by atoms with van der Waals surface area (Å²) in [5.41, 5.74) is 3.37. The molecule has 0 spiro atoms. The molecule has 0 aliphatic heterocycles. The second-order valence-corrected chi connectivity index (χ2v) is 4.07. The molecule has 0 atom stereocenters. The fraction of sp³-hybridized carbons (Fsp3) is 0.500. The number of hydrogen-bond acceptors (Lipinski definition) is 3. The zero-order chi connectivity index (χ0) is 11.7. The average molecular weight is 219 g/mol. The Balaban J connectivity index is 2.75. The van der Waals surface area contributed by atoms with Crippen molar-refractivity contribution in [2.45, 2.75) is 32.6 Å². The van der Waals surface area contributed by atoms with Crippen molar-refractivity contribution < 1.29 is 14.7 Å². The van der Waals surface area contributed by atoms with Crippen molar-refractivity contribution in [3.63, 3.8) is 0 Å². The van der Waals surface area contributed by atoms with E-state index in [1.165, 1.54) is 7.11 Å². The zero-order valence-corrected chi connectivity index (χ0v) is 9.58. The highest BCUT2D eigenvalue weighted by Crippen LogP contribution is 2.27. The van der Waals surface area contributed by atoms with E-state index in [0.29, 0.717) is 5.56 Å². The van der Waals surface area contributed by atoms with Gasteiger partial charge in [0.05, 0.1) is 11.8 Å². The molecule has 0 unspecified atom stereocenters. The van der Waals surface area contributed by atoms with E-state index in [4.69, 9.17) is 10.00 Å². The van der Waals surface area contributed by atoms with Gasteiger partial charge in [-0.05, 0) is 31.7 Å². The Morgan fingerprint density at radius 2 is 2.06 bits per heavy atom. The third kappa shape index (κ3) is 1.40. The van der Waals surface area contributed by atoms with Gasteiger partial charge in [-0.25, -0.2) is 0 Å². The van der Waals surface area contributed by atoms with Gasteiger partial charge in [0.1, 0.15) is 6.07 Å². The lowest BCUT2D eigenvalue weighted by Crippen LogP contribution is -2.40. The molecule has 84 valence electrons. The normalized spacial score (nSPS) is 14.1. The van der Waals surface area contributed by atoms with Gasteiger partial charge >= 0.3 is 5.88 Å². The molecule has 1 N–H and O–H groups in total. The van der Waals surface area contributed by atoms with Gasteiger partial charge < -0.3 is 4.74 Å². The van der Waals surface area contributed by atoms with E-state index in [2.05, 4.69) is 6.07 Å². The Morgan fingerprint density at radius 3 is 2.69 bits per heavy atom. The lowest BCUT2D eigenvalue weighted by atomic mass is 9.90. The van der Waals surface area contributed by atoms with Crippen LogP contribution in [0.5, 0.6) is 5.88 Å². The lowest BCUT2D eigenvalue weighted by Gasteiger charge is -2.15. The Labute approximate surface area is 94.7 Å². The Hall–Kier alpha value is -1.76. The van der Waals surface area contributed by atoms with Gasteiger partial charge in [0.25, 0.3) is 0 Å². The Morgan fingerprint density at radius 1 is 1.38 bits per heavy atom. The van der Waals surface area contributed by atoms with Crippen molar-refractivity contribution in [3.05, 3.63) is 22.4 Å². The van der Waals surface area contributed by atoms with Crippen LogP contribution in [0.25, 0.3) is 0 Å². The molecule has 0 saturated heterocycles. The number of pyridine rings is 1. The summed E-state index contributed by atoms with van der Waals surface area (Å²) in [5.74, 6) is 0.251. The fourth-order valence-electron chi connectivity index (χ4n) is 2.39. The summed E-state index contributed by atoms with van der Waals surface area (Å²) in [6.45, 7) is 1.92. The van der Waals surface area contributed by atoms with E-state index in [9.17, 15) is 5.21 Å². The molecule has 0 aromatic carbocycles. The molecule has 16 heavy (non-hydrogen) atoms. The quantitative estimate of drug-likeness (QED) is 0.571. The van der Waals surface area contributed by atoms with Crippen LogP contribution in [0.1, 0.15) is 35.2 Å². The molecular formula is C12H15N2O2+. The third-order valence-electron chi connectivity index (χ3n) is 3.23. The average Bonchev–Trinajstić information content (AvgIpc) is 2.33. The predicted octanol–water partition coefficient (Wildman–Crippen LogP) is 1.28. The molecule has 1 aromatic heterocycles. The summed E-state index contributed by atoms with van der Waals surface area (Å²) in [4.78, 5) is 0. The number of fused-ring (bicyclic) bond motifs is 1. The van der Waals surface area contributed by atoms with Crippen LogP contribution in [-0.2, 0) is 12.8 Å².